The number of hydrogen-bond donors (Lipinski definition) is 1. The van der Waals surface area contributed by atoms with E-state index in [0.717, 1.165) is 33.7 Å². The van der Waals surface area contributed by atoms with Gasteiger partial charge in [0.25, 0.3) is 5.91 Å². The summed E-state index contributed by atoms with van der Waals surface area (Å²) in [5.74, 6) is 0.596. The molecule has 1 amide bonds. The Bertz CT molecular complexity index is 947. The smallest absolute Gasteiger partial charge is 0.255 e. The summed E-state index contributed by atoms with van der Waals surface area (Å²) in [6.45, 7) is 7.35. The van der Waals surface area contributed by atoms with E-state index in [1.807, 2.05) is 81.4 Å². The Morgan fingerprint density at radius 1 is 0.897 bits per heavy atom. The minimum absolute atomic E-state index is 0.144. The Morgan fingerprint density at radius 2 is 1.62 bits per heavy atom. The van der Waals surface area contributed by atoms with Gasteiger partial charge in [0, 0.05) is 16.8 Å². The molecule has 0 aromatic heterocycles. The van der Waals surface area contributed by atoms with Crippen LogP contribution in [0, 0.1) is 13.8 Å². The number of nitrogens with one attached hydrogen (secondary N) is 1. The summed E-state index contributed by atoms with van der Waals surface area (Å²) in [6, 6.07) is 21.4. The van der Waals surface area contributed by atoms with Gasteiger partial charge in [-0.25, -0.2) is 0 Å². The van der Waals surface area contributed by atoms with E-state index in [2.05, 4.69) is 5.32 Å². The summed E-state index contributed by atoms with van der Waals surface area (Å²) in [7, 11) is 0. The van der Waals surface area contributed by atoms with Crippen LogP contribution in [0.15, 0.2) is 66.7 Å². The van der Waals surface area contributed by atoms with E-state index in [4.69, 9.17) is 9.47 Å². The van der Waals surface area contributed by atoms with Gasteiger partial charge in [0.05, 0.1) is 19.8 Å². The Balaban J connectivity index is 1.75. The van der Waals surface area contributed by atoms with Crippen LogP contribution in [0.2, 0.25) is 0 Å². The molecule has 3 aromatic rings. The summed E-state index contributed by atoms with van der Waals surface area (Å²) in [4.78, 5) is 12.8. The fourth-order valence-electron chi connectivity index (χ4n) is 3.18. The number of amides is 1. The van der Waals surface area contributed by atoms with Gasteiger partial charge in [-0.15, -0.1) is 0 Å². The number of ether oxygens (including phenoxy) is 2. The number of aryl methyl sites for hydroxylation is 2. The first-order chi connectivity index (χ1) is 14.1. The molecular formula is C25H27NO3. The van der Waals surface area contributed by atoms with Crippen molar-refractivity contribution in [1.29, 1.82) is 0 Å². The summed E-state index contributed by atoms with van der Waals surface area (Å²) >= 11 is 0. The molecule has 29 heavy (non-hydrogen) atoms. The van der Waals surface area contributed by atoms with Crippen molar-refractivity contribution in [2.24, 2.45) is 0 Å². The zero-order chi connectivity index (χ0) is 20.6. The first-order valence-corrected chi connectivity index (χ1v) is 9.83. The van der Waals surface area contributed by atoms with E-state index in [-0.39, 0.29) is 5.91 Å². The molecule has 0 aliphatic rings. The molecular weight excluding hydrogens is 362 g/mol. The van der Waals surface area contributed by atoms with Crippen LogP contribution in [0.5, 0.6) is 5.75 Å². The molecule has 0 unspecified atom stereocenters. The van der Waals surface area contributed by atoms with E-state index < -0.39 is 0 Å². The lowest BCUT2D eigenvalue weighted by atomic mass is 10.1. The zero-order valence-corrected chi connectivity index (χ0v) is 17.2. The first-order valence-electron chi connectivity index (χ1n) is 9.83. The maximum atomic E-state index is 12.8. The third-order valence-corrected chi connectivity index (χ3v) is 4.71. The van der Waals surface area contributed by atoms with Crippen molar-refractivity contribution >= 4 is 11.6 Å². The Hall–Kier alpha value is -3.11. The second kappa shape index (κ2) is 9.89. The van der Waals surface area contributed by atoms with Crippen LogP contribution in [0.25, 0.3) is 0 Å². The van der Waals surface area contributed by atoms with Crippen molar-refractivity contribution in [2.45, 2.75) is 34.0 Å². The highest BCUT2D eigenvalue weighted by molar-refractivity contribution is 6.05. The highest BCUT2D eigenvalue weighted by Gasteiger charge is 2.13. The number of carbonyl (C=O) groups excluding carboxylic acids is 1. The normalized spacial score (nSPS) is 10.6. The minimum atomic E-state index is -0.144. The van der Waals surface area contributed by atoms with Crippen LogP contribution >= 0.6 is 0 Å². The van der Waals surface area contributed by atoms with Crippen LogP contribution in [0.1, 0.15) is 39.5 Å². The molecule has 4 heteroatoms. The fraction of sp³-hybridized carbons (Fsp3) is 0.240. The average molecular weight is 389 g/mol. The van der Waals surface area contributed by atoms with Crippen molar-refractivity contribution in [1.82, 2.24) is 0 Å². The quantitative estimate of drug-likeness (QED) is 0.540. The summed E-state index contributed by atoms with van der Waals surface area (Å²) in [5, 5.41) is 3.03. The topological polar surface area (TPSA) is 47.6 Å². The largest absolute Gasteiger partial charge is 0.494 e. The molecule has 0 radical (unpaired) electrons. The molecule has 0 heterocycles. The van der Waals surface area contributed by atoms with E-state index in [1.165, 1.54) is 0 Å². The molecule has 150 valence electrons. The summed E-state index contributed by atoms with van der Waals surface area (Å²) < 4.78 is 11.6. The van der Waals surface area contributed by atoms with Crippen molar-refractivity contribution < 1.29 is 14.3 Å². The van der Waals surface area contributed by atoms with Gasteiger partial charge >= 0.3 is 0 Å². The van der Waals surface area contributed by atoms with Crippen molar-refractivity contribution in [3.63, 3.8) is 0 Å². The highest BCUT2D eigenvalue weighted by atomic mass is 16.5. The fourth-order valence-corrected chi connectivity index (χ4v) is 3.18. The maximum absolute atomic E-state index is 12.8. The first kappa shape index (κ1) is 20.6. The molecule has 0 saturated heterocycles. The summed E-state index contributed by atoms with van der Waals surface area (Å²) in [6.07, 6.45) is 0. The minimum Gasteiger partial charge on any atom is -0.494 e. The predicted octanol–water partition coefficient (Wildman–Crippen LogP) is 5.67. The highest BCUT2D eigenvalue weighted by Crippen LogP contribution is 2.24. The van der Waals surface area contributed by atoms with Gasteiger partial charge in [0.1, 0.15) is 5.75 Å². The zero-order valence-electron chi connectivity index (χ0n) is 17.2. The average Bonchev–Trinajstić information content (AvgIpc) is 2.73. The SMILES string of the molecule is CCOc1ccc(C(=O)Nc2c(C)cccc2C)cc1COCc1ccccc1. The Labute approximate surface area is 172 Å². The second-order valence-corrected chi connectivity index (χ2v) is 6.95. The molecule has 0 saturated carbocycles. The van der Waals surface area contributed by atoms with E-state index in [0.29, 0.717) is 25.4 Å². The number of benzene rings is 3. The van der Waals surface area contributed by atoms with Crippen LogP contribution in [-0.4, -0.2) is 12.5 Å². The van der Waals surface area contributed by atoms with Crippen molar-refractivity contribution in [2.75, 3.05) is 11.9 Å². The second-order valence-electron chi connectivity index (χ2n) is 6.95. The van der Waals surface area contributed by atoms with Crippen LogP contribution < -0.4 is 10.1 Å². The van der Waals surface area contributed by atoms with Crippen LogP contribution in [0.3, 0.4) is 0 Å². The van der Waals surface area contributed by atoms with Crippen molar-refractivity contribution in [3.05, 3.63) is 94.5 Å². The number of anilines is 1. The third-order valence-electron chi connectivity index (χ3n) is 4.71. The molecule has 0 aliphatic carbocycles. The van der Waals surface area contributed by atoms with Gasteiger partial charge in [-0.3, -0.25) is 4.79 Å². The number of para-hydroxylation sites is 1. The monoisotopic (exact) mass is 389 g/mol. The molecule has 0 fully saturated rings. The lowest BCUT2D eigenvalue weighted by Crippen LogP contribution is -2.14. The number of rotatable bonds is 8. The molecule has 0 spiro atoms. The standard InChI is InChI=1S/C25H27NO3/c1-4-29-23-14-13-21(25(27)26-24-18(2)9-8-10-19(24)3)15-22(23)17-28-16-20-11-6-5-7-12-20/h5-15H,4,16-17H2,1-3H3,(H,26,27). The molecule has 3 rings (SSSR count). The van der Waals surface area contributed by atoms with Gasteiger partial charge < -0.3 is 14.8 Å². The van der Waals surface area contributed by atoms with Gasteiger partial charge in [-0.2, -0.15) is 0 Å². The van der Waals surface area contributed by atoms with E-state index >= 15 is 0 Å². The molecule has 3 aromatic carbocycles. The van der Waals surface area contributed by atoms with E-state index in [1.54, 1.807) is 6.07 Å². The molecule has 0 bridgehead atoms. The van der Waals surface area contributed by atoms with Gasteiger partial charge in [0.15, 0.2) is 0 Å². The lowest BCUT2D eigenvalue weighted by Gasteiger charge is -2.14. The lowest BCUT2D eigenvalue weighted by molar-refractivity contribution is 0.101. The van der Waals surface area contributed by atoms with Crippen LogP contribution in [-0.2, 0) is 18.0 Å². The van der Waals surface area contributed by atoms with Gasteiger partial charge in [0.2, 0.25) is 0 Å². The Morgan fingerprint density at radius 3 is 2.31 bits per heavy atom. The number of hydrogen-bond acceptors (Lipinski definition) is 3. The van der Waals surface area contributed by atoms with Crippen LogP contribution in [0.4, 0.5) is 5.69 Å². The Kier molecular flexibility index (Phi) is 7.04. The molecule has 4 nitrogen and oxygen atoms in total. The molecule has 1 N–H and O–H groups in total. The molecule has 0 aliphatic heterocycles. The van der Waals surface area contributed by atoms with E-state index in [9.17, 15) is 4.79 Å². The number of carbonyl (C=O) groups is 1. The third kappa shape index (κ3) is 5.46. The van der Waals surface area contributed by atoms with Crippen molar-refractivity contribution in [3.8, 4) is 5.75 Å². The maximum Gasteiger partial charge on any atom is 0.255 e. The molecule has 0 atom stereocenters. The predicted molar refractivity (Wildman–Crippen MR) is 116 cm³/mol. The van der Waals surface area contributed by atoms with Gasteiger partial charge in [-0.1, -0.05) is 48.5 Å². The summed E-state index contributed by atoms with van der Waals surface area (Å²) in [5.41, 5.74) is 5.47. The van der Waals surface area contributed by atoms with Gasteiger partial charge in [-0.05, 0) is 55.7 Å².